The molecule has 1 aromatic heterocycles. The van der Waals surface area contributed by atoms with E-state index in [-0.39, 0.29) is 9.77 Å². The third-order valence-corrected chi connectivity index (χ3v) is 9.96. The van der Waals surface area contributed by atoms with Crippen molar-refractivity contribution in [3.05, 3.63) is 92.5 Å². The summed E-state index contributed by atoms with van der Waals surface area (Å²) in [5.41, 5.74) is 3.59. The van der Waals surface area contributed by atoms with Crippen molar-refractivity contribution in [1.82, 2.24) is 9.29 Å². The van der Waals surface area contributed by atoms with E-state index < -0.39 is 16.1 Å². The number of hydrogen-bond acceptors (Lipinski definition) is 5. The highest BCUT2D eigenvalue weighted by molar-refractivity contribution is 7.89. The van der Waals surface area contributed by atoms with Crippen LogP contribution >= 0.6 is 22.9 Å². The quantitative estimate of drug-likeness (QED) is 0.302. The van der Waals surface area contributed by atoms with Crippen molar-refractivity contribution in [3.63, 3.8) is 0 Å². The Morgan fingerprint density at radius 3 is 2.46 bits per heavy atom. The summed E-state index contributed by atoms with van der Waals surface area (Å²) in [7, 11) is -3.79. The number of nitrogens with one attached hydrogen (secondary N) is 1. The van der Waals surface area contributed by atoms with Crippen molar-refractivity contribution in [3.8, 4) is 0 Å². The van der Waals surface area contributed by atoms with E-state index in [1.165, 1.54) is 18.5 Å². The number of hydrogen-bond donors (Lipinski definition) is 1. The van der Waals surface area contributed by atoms with Gasteiger partial charge in [-0.25, -0.2) is 13.1 Å². The highest BCUT2D eigenvalue weighted by Gasteiger charge is 2.21. The Kier molecular flexibility index (Phi) is 7.45. The van der Waals surface area contributed by atoms with Crippen LogP contribution in [-0.2, 0) is 16.6 Å². The molecule has 1 saturated heterocycles. The molecule has 1 aliphatic heterocycles. The van der Waals surface area contributed by atoms with Crippen LogP contribution in [-0.4, -0.2) is 26.1 Å². The number of nitrogens with zero attached hydrogens (tertiary/aromatic N) is 2. The minimum absolute atomic E-state index is 0.136. The average Bonchev–Trinajstić information content (AvgIpc) is 3.19. The molecule has 37 heavy (non-hydrogen) atoms. The van der Waals surface area contributed by atoms with E-state index in [0.29, 0.717) is 21.8 Å². The number of halogens is 1. The van der Waals surface area contributed by atoms with Crippen molar-refractivity contribution in [1.29, 1.82) is 0 Å². The van der Waals surface area contributed by atoms with Crippen molar-refractivity contribution in [2.45, 2.75) is 44.2 Å². The van der Waals surface area contributed by atoms with E-state index in [4.69, 9.17) is 11.6 Å². The van der Waals surface area contributed by atoms with Crippen LogP contribution in [0.2, 0.25) is 5.02 Å². The van der Waals surface area contributed by atoms with Crippen LogP contribution in [0.15, 0.2) is 76.4 Å². The van der Waals surface area contributed by atoms with Gasteiger partial charge in [0.2, 0.25) is 10.0 Å². The Morgan fingerprint density at radius 2 is 1.76 bits per heavy atom. The number of benzene rings is 3. The monoisotopic (exact) mass is 555 g/mol. The zero-order valence-electron chi connectivity index (χ0n) is 20.9. The second-order valence-corrected chi connectivity index (χ2v) is 12.9. The van der Waals surface area contributed by atoms with Gasteiger partial charge in [-0.15, -0.1) is 0 Å². The van der Waals surface area contributed by atoms with Gasteiger partial charge >= 0.3 is 4.87 Å². The Morgan fingerprint density at radius 1 is 1.05 bits per heavy atom. The first-order valence-electron chi connectivity index (χ1n) is 12.5. The number of thiazole rings is 1. The van der Waals surface area contributed by atoms with E-state index in [1.807, 2.05) is 37.3 Å². The molecule has 0 saturated carbocycles. The van der Waals surface area contributed by atoms with Gasteiger partial charge in [0.25, 0.3) is 0 Å². The van der Waals surface area contributed by atoms with Crippen LogP contribution < -0.4 is 14.5 Å². The number of sulfonamides is 1. The molecule has 3 aromatic carbocycles. The molecule has 0 bridgehead atoms. The largest absolute Gasteiger partial charge is 0.372 e. The Balaban J connectivity index is 1.33. The van der Waals surface area contributed by atoms with Gasteiger partial charge in [-0.2, -0.15) is 0 Å². The summed E-state index contributed by atoms with van der Waals surface area (Å²) in [6, 6.07) is 19.9. The highest BCUT2D eigenvalue weighted by Crippen LogP contribution is 2.27. The SMILES string of the molecule is CC1CCN(c2ccc([C@H](C)NS(=O)(=O)c3ccc4c(c3)sc(=O)n4Cc3ccccc3Cl)cc2)CC1. The number of rotatable bonds is 7. The lowest BCUT2D eigenvalue weighted by Gasteiger charge is -2.32. The van der Waals surface area contributed by atoms with Gasteiger partial charge in [0, 0.05) is 29.8 Å². The van der Waals surface area contributed by atoms with Gasteiger partial charge in [-0.3, -0.25) is 9.36 Å². The lowest BCUT2D eigenvalue weighted by Crippen LogP contribution is -2.32. The predicted molar refractivity (Wildman–Crippen MR) is 152 cm³/mol. The molecule has 0 unspecified atom stereocenters. The lowest BCUT2D eigenvalue weighted by molar-refractivity contribution is 0.438. The minimum Gasteiger partial charge on any atom is -0.372 e. The van der Waals surface area contributed by atoms with Crippen molar-refractivity contribution >= 4 is 48.9 Å². The van der Waals surface area contributed by atoms with E-state index in [9.17, 15) is 13.2 Å². The number of aromatic nitrogens is 1. The molecule has 0 aliphatic carbocycles. The smallest absolute Gasteiger partial charge is 0.308 e. The zero-order valence-corrected chi connectivity index (χ0v) is 23.2. The van der Waals surface area contributed by atoms with Gasteiger partial charge in [0.15, 0.2) is 0 Å². The molecule has 1 N–H and O–H groups in total. The van der Waals surface area contributed by atoms with E-state index in [1.54, 1.807) is 28.8 Å². The molecule has 2 heterocycles. The molecule has 1 aliphatic rings. The fraction of sp³-hybridized carbons (Fsp3) is 0.321. The lowest BCUT2D eigenvalue weighted by atomic mass is 9.98. The van der Waals surface area contributed by atoms with Crippen molar-refractivity contribution in [2.75, 3.05) is 18.0 Å². The molecule has 0 radical (unpaired) electrons. The summed E-state index contributed by atoms with van der Waals surface area (Å²) < 4.78 is 31.5. The minimum atomic E-state index is -3.79. The third kappa shape index (κ3) is 5.62. The van der Waals surface area contributed by atoms with Crippen molar-refractivity contribution in [2.24, 2.45) is 5.92 Å². The molecule has 4 aromatic rings. The summed E-state index contributed by atoms with van der Waals surface area (Å²) in [6.07, 6.45) is 2.39. The van der Waals surface area contributed by atoms with Gasteiger partial charge in [0.05, 0.1) is 21.7 Å². The second kappa shape index (κ2) is 10.6. The molecule has 6 nitrogen and oxygen atoms in total. The van der Waals surface area contributed by atoms with Gasteiger partial charge in [0.1, 0.15) is 0 Å². The third-order valence-electron chi connectivity index (χ3n) is 7.11. The first-order valence-corrected chi connectivity index (χ1v) is 15.1. The molecular formula is C28H30ClN3O3S2. The first kappa shape index (κ1) is 26.0. The maximum absolute atomic E-state index is 13.2. The summed E-state index contributed by atoms with van der Waals surface area (Å²) in [6.45, 7) is 6.57. The number of anilines is 1. The maximum Gasteiger partial charge on any atom is 0.308 e. The van der Waals surface area contributed by atoms with Crippen LogP contribution in [0.4, 0.5) is 5.69 Å². The van der Waals surface area contributed by atoms with E-state index in [0.717, 1.165) is 41.5 Å². The number of fused-ring (bicyclic) bond motifs is 1. The fourth-order valence-corrected chi connectivity index (χ4v) is 7.23. The maximum atomic E-state index is 13.2. The summed E-state index contributed by atoms with van der Waals surface area (Å²) in [4.78, 5) is 15.1. The predicted octanol–water partition coefficient (Wildman–Crippen LogP) is 6.04. The molecule has 194 valence electrons. The number of piperidine rings is 1. The standard InChI is InChI=1S/C28H30ClN3O3S2/c1-19-13-15-31(16-14-19)23-9-7-21(8-10-23)20(2)30-37(34,35)24-11-12-26-27(17-24)36-28(33)32(26)18-22-5-3-4-6-25(22)29/h3-12,17,19-20,30H,13-16,18H2,1-2H3/t20-/m0/s1. The van der Waals surface area contributed by atoms with Crippen LogP contribution in [0.5, 0.6) is 0 Å². The molecule has 1 atom stereocenters. The molecule has 0 amide bonds. The van der Waals surface area contributed by atoms with Gasteiger partial charge in [-0.05, 0) is 73.2 Å². The topological polar surface area (TPSA) is 71.4 Å². The Labute approximate surface area is 226 Å². The van der Waals surface area contributed by atoms with Gasteiger partial charge in [-0.1, -0.05) is 60.2 Å². The zero-order chi connectivity index (χ0) is 26.2. The Hall–Kier alpha value is -2.65. The molecule has 0 spiro atoms. The van der Waals surface area contributed by atoms with Crippen LogP contribution in [0.25, 0.3) is 10.2 Å². The van der Waals surface area contributed by atoms with Crippen molar-refractivity contribution < 1.29 is 8.42 Å². The van der Waals surface area contributed by atoms with Crippen LogP contribution in [0.1, 0.15) is 43.9 Å². The second-order valence-electron chi connectivity index (χ2n) is 9.78. The van der Waals surface area contributed by atoms with E-state index in [2.05, 4.69) is 28.7 Å². The summed E-state index contributed by atoms with van der Waals surface area (Å²) in [5, 5.41) is 0.588. The Bertz CT molecular complexity index is 1570. The molecular weight excluding hydrogens is 526 g/mol. The van der Waals surface area contributed by atoms with Gasteiger partial charge < -0.3 is 4.90 Å². The first-order chi connectivity index (χ1) is 17.7. The van der Waals surface area contributed by atoms with Crippen LogP contribution in [0.3, 0.4) is 0 Å². The fourth-order valence-electron chi connectivity index (χ4n) is 4.77. The molecule has 1 fully saturated rings. The average molecular weight is 556 g/mol. The van der Waals surface area contributed by atoms with E-state index >= 15 is 0 Å². The highest BCUT2D eigenvalue weighted by atomic mass is 35.5. The van der Waals surface area contributed by atoms with Crippen LogP contribution in [0, 0.1) is 5.92 Å². The molecule has 5 rings (SSSR count). The molecule has 9 heteroatoms. The normalized spacial score (nSPS) is 15.8. The summed E-state index contributed by atoms with van der Waals surface area (Å²) >= 11 is 7.31. The summed E-state index contributed by atoms with van der Waals surface area (Å²) in [5.74, 6) is 0.770.